The van der Waals surface area contributed by atoms with Crippen LogP contribution in [0.2, 0.25) is 0 Å². The number of aromatic nitrogens is 1. The van der Waals surface area contributed by atoms with Crippen LogP contribution in [-0.4, -0.2) is 16.9 Å². The molecular formula is C20H19FN4O2S. The Balaban J connectivity index is 1.57. The van der Waals surface area contributed by atoms with Crippen molar-refractivity contribution in [2.45, 2.75) is 19.8 Å². The molecule has 0 bridgehead atoms. The molecule has 3 amide bonds. The summed E-state index contributed by atoms with van der Waals surface area (Å²) in [6.07, 6.45) is 0. The van der Waals surface area contributed by atoms with Gasteiger partial charge in [-0.05, 0) is 47.9 Å². The molecule has 0 aliphatic heterocycles. The summed E-state index contributed by atoms with van der Waals surface area (Å²) in [5, 5.41) is 9.72. The molecular weight excluding hydrogens is 379 g/mol. The molecule has 0 atom stereocenters. The SMILES string of the molecule is CC(C)c1ccc(NC(=O)c2csc(NC(=O)Nc3ccc(F)cc3)n2)cc1. The molecule has 3 N–H and O–H groups in total. The molecule has 3 aromatic rings. The van der Waals surface area contributed by atoms with Gasteiger partial charge in [-0.1, -0.05) is 26.0 Å². The Kier molecular flexibility index (Phi) is 6.00. The van der Waals surface area contributed by atoms with E-state index in [1.165, 1.54) is 29.8 Å². The van der Waals surface area contributed by atoms with Crippen molar-refractivity contribution in [3.05, 3.63) is 71.0 Å². The van der Waals surface area contributed by atoms with E-state index in [1.807, 2.05) is 24.3 Å². The van der Waals surface area contributed by atoms with Crippen LogP contribution in [0.1, 0.15) is 35.8 Å². The van der Waals surface area contributed by atoms with Crippen molar-refractivity contribution in [3.8, 4) is 0 Å². The van der Waals surface area contributed by atoms with Gasteiger partial charge in [0.05, 0.1) is 0 Å². The van der Waals surface area contributed by atoms with Gasteiger partial charge in [0.15, 0.2) is 5.13 Å². The van der Waals surface area contributed by atoms with E-state index in [0.717, 1.165) is 11.3 Å². The van der Waals surface area contributed by atoms with E-state index >= 15 is 0 Å². The van der Waals surface area contributed by atoms with Gasteiger partial charge < -0.3 is 10.6 Å². The molecule has 8 heteroatoms. The lowest BCUT2D eigenvalue weighted by Gasteiger charge is -2.07. The fourth-order valence-electron chi connectivity index (χ4n) is 2.37. The zero-order valence-corrected chi connectivity index (χ0v) is 16.1. The first-order valence-corrected chi connectivity index (χ1v) is 9.49. The van der Waals surface area contributed by atoms with Crippen LogP contribution >= 0.6 is 11.3 Å². The topological polar surface area (TPSA) is 83.1 Å². The van der Waals surface area contributed by atoms with E-state index in [0.29, 0.717) is 17.3 Å². The Labute approximate surface area is 165 Å². The normalized spacial score (nSPS) is 10.6. The number of hydrogen-bond donors (Lipinski definition) is 3. The predicted octanol–water partition coefficient (Wildman–Crippen LogP) is 5.30. The molecule has 0 aliphatic carbocycles. The fraction of sp³-hybridized carbons (Fsp3) is 0.150. The van der Waals surface area contributed by atoms with Crippen LogP contribution in [-0.2, 0) is 0 Å². The second-order valence-electron chi connectivity index (χ2n) is 6.35. The maximum Gasteiger partial charge on any atom is 0.325 e. The lowest BCUT2D eigenvalue weighted by Crippen LogP contribution is -2.19. The van der Waals surface area contributed by atoms with E-state index in [9.17, 15) is 14.0 Å². The lowest BCUT2D eigenvalue weighted by molar-refractivity contribution is 0.102. The van der Waals surface area contributed by atoms with Gasteiger partial charge in [0, 0.05) is 16.8 Å². The van der Waals surface area contributed by atoms with Gasteiger partial charge in [-0.2, -0.15) is 0 Å². The van der Waals surface area contributed by atoms with Gasteiger partial charge in [-0.15, -0.1) is 11.3 Å². The summed E-state index contributed by atoms with van der Waals surface area (Å²) in [4.78, 5) is 28.4. The Morgan fingerprint density at radius 2 is 1.54 bits per heavy atom. The van der Waals surface area contributed by atoms with Gasteiger partial charge in [-0.25, -0.2) is 14.2 Å². The number of carbonyl (C=O) groups excluding carboxylic acids is 2. The minimum atomic E-state index is -0.530. The summed E-state index contributed by atoms with van der Waals surface area (Å²) in [6, 6.07) is 12.5. The molecule has 0 aliphatic rings. The van der Waals surface area contributed by atoms with Crippen molar-refractivity contribution in [1.29, 1.82) is 0 Å². The van der Waals surface area contributed by atoms with Crippen molar-refractivity contribution in [2.75, 3.05) is 16.0 Å². The van der Waals surface area contributed by atoms with Gasteiger partial charge in [0.2, 0.25) is 0 Å². The molecule has 28 heavy (non-hydrogen) atoms. The lowest BCUT2D eigenvalue weighted by atomic mass is 10.0. The highest BCUT2D eigenvalue weighted by Crippen LogP contribution is 2.20. The molecule has 6 nitrogen and oxygen atoms in total. The van der Waals surface area contributed by atoms with E-state index < -0.39 is 6.03 Å². The monoisotopic (exact) mass is 398 g/mol. The zero-order chi connectivity index (χ0) is 20.1. The largest absolute Gasteiger partial charge is 0.325 e. The summed E-state index contributed by atoms with van der Waals surface area (Å²) in [5.41, 5.74) is 2.50. The van der Waals surface area contributed by atoms with Crippen molar-refractivity contribution in [3.63, 3.8) is 0 Å². The smallest absolute Gasteiger partial charge is 0.321 e. The van der Waals surface area contributed by atoms with Crippen molar-refractivity contribution in [1.82, 2.24) is 4.98 Å². The third-order valence-electron chi connectivity index (χ3n) is 3.89. The van der Waals surface area contributed by atoms with Crippen molar-refractivity contribution < 1.29 is 14.0 Å². The molecule has 0 radical (unpaired) electrons. The molecule has 2 aromatic carbocycles. The van der Waals surface area contributed by atoms with Gasteiger partial charge in [-0.3, -0.25) is 10.1 Å². The maximum atomic E-state index is 12.9. The Hall–Kier alpha value is -3.26. The fourth-order valence-corrected chi connectivity index (χ4v) is 3.06. The highest BCUT2D eigenvalue weighted by atomic mass is 32.1. The number of hydrogen-bond acceptors (Lipinski definition) is 4. The number of benzene rings is 2. The van der Waals surface area contributed by atoms with Crippen LogP contribution in [0.15, 0.2) is 53.9 Å². The molecule has 0 saturated heterocycles. The quantitative estimate of drug-likeness (QED) is 0.545. The average molecular weight is 398 g/mol. The molecule has 1 heterocycles. The van der Waals surface area contributed by atoms with Crippen LogP contribution in [0, 0.1) is 5.82 Å². The highest BCUT2D eigenvalue weighted by Gasteiger charge is 2.13. The number of rotatable bonds is 5. The first kappa shape index (κ1) is 19.5. The second kappa shape index (κ2) is 8.62. The van der Waals surface area contributed by atoms with Crippen molar-refractivity contribution >= 4 is 39.8 Å². The number of nitrogens with one attached hydrogen (secondary N) is 3. The second-order valence-corrected chi connectivity index (χ2v) is 7.21. The number of anilines is 3. The summed E-state index contributed by atoms with van der Waals surface area (Å²) >= 11 is 1.13. The highest BCUT2D eigenvalue weighted by molar-refractivity contribution is 7.14. The van der Waals surface area contributed by atoms with Gasteiger partial charge in [0.1, 0.15) is 11.5 Å². The Morgan fingerprint density at radius 1 is 0.929 bits per heavy atom. The van der Waals surface area contributed by atoms with Crippen molar-refractivity contribution in [2.24, 2.45) is 0 Å². The molecule has 0 spiro atoms. The number of amides is 3. The summed E-state index contributed by atoms with van der Waals surface area (Å²) in [7, 11) is 0. The van der Waals surface area contributed by atoms with Gasteiger partial charge >= 0.3 is 6.03 Å². The molecule has 144 valence electrons. The zero-order valence-electron chi connectivity index (χ0n) is 15.3. The summed E-state index contributed by atoms with van der Waals surface area (Å²) in [5.74, 6) is -0.334. The predicted molar refractivity (Wildman–Crippen MR) is 110 cm³/mol. The first-order chi connectivity index (χ1) is 13.4. The standard InChI is InChI=1S/C20H19FN4O2S/c1-12(2)13-3-7-15(8-4-13)22-18(26)17-11-28-20(24-17)25-19(27)23-16-9-5-14(21)6-10-16/h3-12H,1-2H3,(H,22,26)(H2,23,24,25,27). The van der Waals surface area contributed by atoms with E-state index in [1.54, 1.807) is 5.38 Å². The Morgan fingerprint density at radius 3 is 2.18 bits per heavy atom. The molecule has 3 rings (SSSR count). The summed E-state index contributed by atoms with van der Waals surface area (Å²) < 4.78 is 12.9. The molecule has 1 aromatic heterocycles. The number of nitrogens with zero attached hydrogens (tertiary/aromatic N) is 1. The molecule has 0 saturated carbocycles. The third kappa shape index (κ3) is 5.14. The van der Waals surface area contributed by atoms with E-state index in [2.05, 4.69) is 34.8 Å². The molecule has 0 fully saturated rings. The van der Waals surface area contributed by atoms with E-state index in [-0.39, 0.29) is 22.5 Å². The van der Waals surface area contributed by atoms with Gasteiger partial charge in [0.25, 0.3) is 5.91 Å². The Bertz CT molecular complexity index is 969. The van der Waals surface area contributed by atoms with Crippen LogP contribution in [0.5, 0.6) is 0 Å². The van der Waals surface area contributed by atoms with Crippen LogP contribution in [0.4, 0.5) is 25.7 Å². The van der Waals surface area contributed by atoms with Crippen LogP contribution in [0.25, 0.3) is 0 Å². The number of halogens is 1. The first-order valence-electron chi connectivity index (χ1n) is 8.61. The minimum absolute atomic E-state index is 0.204. The number of urea groups is 1. The van der Waals surface area contributed by atoms with Crippen LogP contribution < -0.4 is 16.0 Å². The number of thiazole rings is 1. The average Bonchev–Trinajstić information content (AvgIpc) is 3.12. The minimum Gasteiger partial charge on any atom is -0.321 e. The summed E-state index contributed by atoms with van der Waals surface area (Å²) in [6.45, 7) is 4.20. The third-order valence-corrected chi connectivity index (χ3v) is 4.65. The maximum absolute atomic E-state index is 12.9. The van der Waals surface area contributed by atoms with Crippen LogP contribution in [0.3, 0.4) is 0 Å². The van der Waals surface area contributed by atoms with E-state index in [4.69, 9.17) is 0 Å². The molecule has 0 unspecified atom stereocenters. The number of carbonyl (C=O) groups is 2.